The van der Waals surface area contributed by atoms with E-state index in [1.807, 2.05) is 0 Å². The van der Waals surface area contributed by atoms with E-state index < -0.39 is 0 Å². The lowest BCUT2D eigenvalue weighted by Crippen LogP contribution is -1.88. The summed E-state index contributed by atoms with van der Waals surface area (Å²) in [5.74, 6) is 0. The molecule has 0 aliphatic rings. The molecule has 0 saturated heterocycles. The maximum absolute atomic E-state index is 8.72. The maximum atomic E-state index is 8.72. The van der Waals surface area contributed by atoms with E-state index in [9.17, 15) is 0 Å². The summed E-state index contributed by atoms with van der Waals surface area (Å²) in [7, 11) is 0. The van der Waals surface area contributed by atoms with Gasteiger partial charge in [-0.1, -0.05) is 42.5 Å². The number of hydrogen-bond acceptors (Lipinski definition) is 1. The highest BCUT2D eigenvalue weighted by Crippen LogP contribution is 2.16. The van der Waals surface area contributed by atoms with Gasteiger partial charge in [-0.25, -0.2) is 0 Å². The van der Waals surface area contributed by atoms with E-state index in [0.29, 0.717) is 6.61 Å². The average molecular weight is 200 g/mol. The van der Waals surface area contributed by atoms with Crippen LogP contribution in [0.2, 0.25) is 0 Å². The maximum Gasteiger partial charge on any atom is 0.0431 e. The molecule has 0 fully saturated rings. The second-order valence-electron chi connectivity index (χ2n) is 3.86. The Hall–Kier alpha value is -1.34. The summed E-state index contributed by atoms with van der Waals surface area (Å²) < 4.78 is 0. The number of hydrogen-bond donors (Lipinski definition) is 1. The monoisotopic (exact) mass is 200 g/mol. The molecule has 0 aliphatic heterocycles. The van der Waals surface area contributed by atoms with Gasteiger partial charge in [0.2, 0.25) is 0 Å². The van der Waals surface area contributed by atoms with Gasteiger partial charge >= 0.3 is 0 Å². The molecule has 2 aromatic carbocycles. The minimum Gasteiger partial charge on any atom is -0.396 e. The minimum absolute atomic E-state index is 0.299. The molecule has 0 radical (unpaired) electrons. The van der Waals surface area contributed by atoms with E-state index in [4.69, 9.17) is 5.11 Å². The van der Waals surface area contributed by atoms with Crippen molar-refractivity contribution in [3.8, 4) is 0 Å². The predicted molar refractivity (Wildman–Crippen MR) is 64.0 cm³/mol. The summed E-state index contributed by atoms with van der Waals surface area (Å²) in [5.41, 5.74) is 1.36. The highest BCUT2D eigenvalue weighted by molar-refractivity contribution is 5.82. The zero-order valence-electron chi connectivity index (χ0n) is 8.82. The average Bonchev–Trinajstić information content (AvgIpc) is 2.29. The summed E-state index contributed by atoms with van der Waals surface area (Å²) in [4.78, 5) is 0. The van der Waals surface area contributed by atoms with Crippen LogP contribution in [0.4, 0.5) is 0 Å². The van der Waals surface area contributed by atoms with E-state index in [1.54, 1.807) is 0 Å². The van der Waals surface area contributed by atoms with Crippen LogP contribution in [-0.4, -0.2) is 11.7 Å². The molecule has 0 atom stereocenters. The van der Waals surface area contributed by atoms with Crippen molar-refractivity contribution in [2.75, 3.05) is 6.61 Å². The number of aliphatic hydroxyl groups is 1. The number of benzene rings is 2. The molecule has 0 spiro atoms. The lowest BCUT2D eigenvalue weighted by Gasteiger charge is -2.02. The normalized spacial score (nSPS) is 10.7. The Balaban J connectivity index is 2.16. The highest BCUT2D eigenvalue weighted by atomic mass is 16.2. The molecule has 2 rings (SSSR count). The Morgan fingerprint density at radius 2 is 1.67 bits per heavy atom. The van der Waals surface area contributed by atoms with E-state index >= 15 is 0 Å². The molecule has 2 aromatic rings. The van der Waals surface area contributed by atoms with Gasteiger partial charge in [-0.2, -0.15) is 0 Å². The first-order valence-electron chi connectivity index (χ1n) is 5.49. The van der Waals surface area contributed by atoms with E-state index in [1.165, 1.54) is 16.3 Å². The molecule has 0 unspecified atom stereocenters. The fourth-order valence-electron chi connectivity index (χ4n) is 1.84. The SMILES string of the molecule is OCCCCc1ccc2ccccc2c1. The first-order valence-corrected chi connectivity index (χ1v) is 5.49. The lowest BCUT2D eigenvalue weighted by atomic mass is 10.0. The first-order chi connectivity index (χ1) is 7.40. The standard InChI is InChI=1S/C14H16O/c15-10-4-3-5-12-8-9-13-6-1-2-7-14(13)11-12/h1-2,6-9,11,15H,3-5,10H2. The summed E-state index contributed by atoms with van der Waals surface area (Å²) in [5, 5.41) is 11.3. The van der Waals surface area contributed by atoms with Crippen molar-refractivity contribution in [2.45, 2.75) is 19.3 Å². The zero-order chi connectivity index (χ0) is 10.5. The van der Waals surface area contributed by atoms with Crippen molar-refractivity contribution >= 4 is 10.8 Å². The Bertz CT molecular complexity index is 434. The largest absolute Gasteiger partial charge is 0.396 e. The fourth-order valence-corrected chi connectivity index (χ4v) is 1.84. The van der Waals surface area contributed by atoms with Gasteiger partial charge in [0.05, 0.1) is 0 Å². The van der Waals surface area contributed by atoms with Crippen molar-refractivity contribution in [3.05, 3.63) is 48.0 Å². The third kappa shape index (κ3) is 2.57. The predicted octanol–water partition coefficient (Wildman–Crippen LogP) is 3.15. The number of aliphatic hydroxyl groups excluding tert-OH is 1. The summed E-state index contributed by atoms with van der Waals surface area (Å²) in [6.45, 7) is 0.299. The van der Waals surface area contributed by atoms with E-state index in [0.717, 1.165) is 19.3 Å². The molecule has 0 bridgehead atoms. The molecule has 15 heavy (non-hydrogen) atoms. The van der Waals surface area contributed by atoms with Gasteiger partial charge < -0.3 is 5.11 Å². The molecule has 0 amide bonds. The molecule has 1 nitrogen and oxygen atoms in total. The van der Waals surface area contributed by atoms with Crippen LogP contribution in [0.1, 0.15) is 18.4 Å². The van der Waals surface area contributed by atoms with Crippen LogP contribution >= 0.6 is 0 Å². The second-order valence-corrected chi connectivity index (χ2v) is 3.86. The molecule has 78 valence electrons. The van der Waals surface area contributed by atoms with Gasteiger partial charge in [-0.3, -0.25) is 0 Å². The quantitative estimate of drug-likeness (QED) is 0.752. The summed E-state index contributed by atoms with van der Waals surface area (Å²) in [6.07, 6.45) is 3.02. The van der Waals surface area contributed by atoms with Gasteiger partial charge in [-0.15, -0.1) is 0 Å². The third-order valence-electron chi connectivity index (χ3n) is 2.69. The second kappa shape index (κ2) is 4.94. The topological polar surface area (TPSA) is 20.2 Å². The van der Waals surface area contributed by atoms with Gasteiger partial charge in [0, 0.05) is 6.61 Å². The number of aryl methyl sites for hydroxylation is 1. The van der Waals surface area contributed by atoms with Crippen molar-refractivity contribution in [3.63, 3.8) is 0 Å². The first kappa shape index (κ1) is 10.2. The van der Waals surface area contributed by atoms with Crippen LogP contribution in [0.15, 0.2) is 42.5 Å². The van der Waals surface area contributed by atoms with Gasteiger partial charge in [-0.05, 0) is 35.6 Å². The highest BCUT2D eigenvalue weighted by Gasteiger charge is 1.95. The van der Waals surface area contributed by atoms with Crippen LogP contribution in [0.3, 0.4) is 0 Å². The summed E-state index contributed by atoms with van der Waals surface area (Å²) >= 11 is 0. The fraction of sp³-hybridized carbons (Fsp3) is 0.286. The van der Waals surface area contributed by atoms with Crippen molar-refractivity contribution in [1.29, 1.82) is 0 Å². The van der Waals surface area contributed by atoms with E-state index in [-0.39, 0.29) is 0 Å². The van der Waals surface area contributed by atoms with Crippen LogP contribution in [0, 0.1) is 0 Å². The zero-order valence-corrected chi connectivity index (χ0v) is 8.82. The number of fused-ring (bicyclic) bond motifs is 1. The lowest BCUT2D eigenvalue weighted by molar-refractivity contribution is 0.284. The number of unbranched alkanes of at least 4 members (excludes halogenated alkanes) is 1. The molecule has 1 N–H and O–H groups in total. The molecule has 0 saturated carbocycles. The van der Waals surface area contributed by atoms with Crippen molar-refractivity contribution in [1.82, 2.24) is 0 Å². The van der Waals surface area contributed by atoms with Crippen LogP contribution in [-0.2, 0) is 6.42 Å². The Labute approximate surface area is 90.4 Å². The van der Waals surface area contributed by atoms with Crippen LogP contribution < -0.4 is 0 Å². The molecular formula is C14H16O. The van der Waals surface area contributed by atoms with Crippen LogP contribution in [0.5, 0.6) is 0 Å². The Morgan fingerprint density at radius 1 is 0.867 bits per heavy atom. The molecule has 0 aliphatic carbocycles. The number of rotatable bonds is 4. The molecule has 0 heterocycles. The minimum atomic E-state index is 0.299. The smallest absolute Gasteiger partial charge is 0.0431 e. The third-order valence-corrected chi connectivity index (χ3v) is 2.69. The Kier molecular flexibility index (Phi) is 3.36. The molecular weight excluding hydrogens is 184 g/mol. The summed E-state index contributed by atoms with van der Waals surface area (Å²) in [6, 6.07) is 15.0. The van der Waals surface area contributed by atoms with Gasteiger partial charge in [0.25, 0.3) is 0 Å². The van der Waals surface area contributed by atoms with Crippen LogP contribution in [0.25, 0.3) is 10.8 Å². The molecule has 1 heteroatoms. The van der Waals surface area contributed by atoms with Gasteiger partial charge in [0.1, 0.15) is 0 Å². The van der Waals surface area contributed by atoms with Crippen molar-refractivity contribution in [2.24, 2.45) is 0 Å². The van der Waals surface area contributed by atoms with E-state index in [2.05, 4.69) is 42.5 Å². The molecule has 0 aromatic heterocycles. The Morgan fingerprint density at radius 3 is 2.47 bits per heavy atom. The van der Waals surface area contributed by atoms with Gasteiger partial charge in [0.15, 0.2) is 0 Å². The van der Waals surface area contributed by atoms with Crippen molar-refractivity contribution < 1.29 is 5.11 Å².